The summed E-state index contributed by atoms with van der Waals surface area (Å²) in [5, 5.41) is 9.64. The summed E-state index contributed by atoms with van der Waals surface area (Å²) in [6.07, 6.45) is -0.553. The van der Waals surface area contributed by atoms with Gasteiger partial charge in [0.25, 0.3) is 0 Å². The average molecular weight is 166 g/mol. The van der Waals surface area contributed by atoms with Crippen molar-refractivity contribution in [1.82, 2.24) is 0 Å². The van der Waals surface area contributed by atoms with Crippen molar-refractivity contribution in [1.29, 1.82) is 0 Å². The minimum absolute atomic E-state index is 0.0651. The highest BCUT2D eigenvalue weighted by Crippen LogP contribution is 2.26. The van der Waals surface area contributed by atoms with Crippen molar-refractivity contribution >= 4 is 5.78 Å². The first-order valence-corrected chi connectivity index (χ1v) is 4.04. The number of rotatable bonds is 0. The number of allylic oxidation sites excluding steroid dienone is 2. The van der Waals surface area contributed by atoms with Crippen LogP contribution in [0.3, 0.4) is 0 Å². The zero-order valence-electron chi connectivity index (χ0n) is 7.93. The van der Waals surface area contributed by atoms with E-state index < -0.39 is 6.10 Å². The van der Waals surface area contributed by atoms with Gasteiger partial charge in [0.05, 0.1) is 6.10 Å². The van der Waals surface area contributed by atoms with E-state index in [9.17, 15) is 9.90 Å². The van der Waals surface area contributed by atoms with E-state index in [1.54, 1.807) is 27.7 Å². The Bertz CT molecular complexity index is 267. The maximum Gasteiger partial charge on any atom is 0.184 e. The highest BCUT2D eigenvalue weighted by atomic mass is 16.3. The molecule has 1 aliphatic carbocycles. The van der Waals surface area contributed by atoms with Gasteiger partial charge in [-0.05, 0) is 50.0 Å². The zero-order valence-corrected chi connectivity index (χ0v) is 7.93. The number of aliphatic hydroxyl groups is 1. The van der Waals surface area contributed by atoms with Gasteiger partial charge in [0.15, 0.2) is 5.78 Å². The van der Waals surface area contributed by atoms with Crippen molar-refractivity contribution in [3.05, 3.63) is 22.3 Å². The van der Waals surface area contributed by atoms with Crippen LogP contribution in [0.15, 0.2) is 22.3 Å². The highest BCUT2D eigenvalue weighted by molar-refractivity contribution is 6.09. The maximum atomic E-state index is 11.5. The van der Waals surface area contributed by atoms with Crippen LogP contribution in [-0.2, 0) is 4.79 Å². The lowest BCUT2D eigenvalue weighted by Crippen LogP contribution is -2.23. The van der Waals surface area contributed by atoms with Gasteiger partial charge in [0, 0.05) is 0 Å². The molecule has 0 fully saturated rings. The molecule has 0 amide bonds. The molecular formula is C10H14O2. The van der Waals surface area contributed by atoms with Gasteiger partial charge < -0.3 is 5.11 Å². The van der Waals surface area contributed by atoms with E-state index in [2.05, 4.69) is 0 Å². The highest BCUT2D eigenvalue weighted by Gasteiger charge is 2.24. The third kappa shape index (κ3) is 1.12. The van der Waals surface area contributed by atoms with E-state index in [0.29, 0.717) is 11.1 Å². The Morgan fingerprint density at radius 3 is 1.67 bits per heavy atom. The fraction of sp³-hybridized carbons (Fsp3) is 0.500. The van der Waals surface area contributed by atoms with E-state index in [0.717, 1.165) is 11.1 Å². The first-order valence-electron chi connectivity index (χ1n) is 4.04. The first kappa shape index (κ1) is 9.20. The summed E-state index contributed by atoms with van der Waals surface area (Å²) in [5.74, 6) is 0.0651. The maximum absolute atomic E-state index is 11.5. The molecule has 1 N–H and O–H groups in total. The quantitative estimate of drug-likeness (QED) is 0.593. The van der Waals surface area contributed by atoms with E-state index in [1.165, 1.54) is 0 Å². The van der Waals surface area contributed by atoms with Crippen molar-refractivity contribution in [2.24, 2.45) is 0 Å². The second-order valence-electron chi connectivity index (χ2n) is 3.35. The summed E-state index contributed by atoms with van der Waals surface area (Å²) in [4.78, 5) is 11.5. The third-order valence-corrected chi connectivity index (χ3v) is 2.68. The molecule has 12 heavy (non-hydrogen) atoms. The van der Waals surface area contributed by atoms with E-state index in [1.807, 2.05) is 0 Å². The molecule has 0 saturated heterocycles. The Hall–Kier alpha value is -0.890. The predicted octanol–water partition coefficient (Wildman–Crippen LogP) is 1.60. The van der Waals surface area contributed by atoms with Gasteiger partial charge >= 0.3 is 0 Å². The number of carbonyl (C=O) groups is 1. The minimum Gasteiger partial charge on any atom is -0.384 e. The molecule has 0 radical (unpaired) electrons. The van der Waals surface area contributed by atoms with Crippen molar-refractivity contribution in [3.8, 4) is 0 Å². The number of aliphatic hydroxyl groups excluding tert-OH is 1. The van der Waals surface area contributed by atoms with Crippen molar-refractivity contribution in [2.75, 3.05) is 0 Å². The molecule has 0 aliphatic heterocycles. The number of ketones is 1. The molecule has 1 rings (SSSR count). The Morgan fingerprint density at radius 2 is 1.33 bits per heavy atom. The van der Waals surface area contributed by atoms with Crippen molar-refractivity contribution in [3.63, 3.8) is 0 Å². The van der Waals surface area contributed by atoms with Gasteiger partial charge in [-0.25, -0.2) is 0 Å². The fourth-order valence-corrected chi connectivity index (χ4v) is 1.37. The van der Waals surface area contributed by atoms with Crippen LogP contribution in [0.1, 0.15) is 27.7 Å². The largest absolute Gasteiger partial charge is 0.384 e. The minimum atomic E-state index is -0.553. The standard InChI is InChI=1S/C10H14O2/c1-5-6(2)10(12)8(4)7(3)9(5)11/h9,11H,1-4H3. The topological polar surface area (TPSA) is 37.3 Å². The molecule has 66 valence electrons. The number of carbonyl (C=O) groups excluding carboxylic acids is 1. The Morgan fingerprint density at radius 1 is 1.00 bits per heavy atom. The Labute approximate surface area is 72.6 Å². The van der Waals surface area contributed by atoms with Gasteiger partial charge in [-0.2, -0.15) is 0 Å². The summed E-state index contributed by atoms with van der Waals surface area (Å²) in [6.45, 7) is 7.12. The molecule has 0 aromatic rings. The SMILES string of the molecule is CC1=C(C)C(O)C(C)=C(C)C1=O. The number of hydrogen-bond donors (Lipinski definition) is 1. The summed E-state index contributed by atoms with van der Waals surface area (Å²) in [6, 6.07) is 0. The van der Waals surface area contributed by atoms with Gasteiger partial charge in [-0.1, -0.05) is 0 Å². The molecule has 0 spiro atoms. The van der Waals surface area contributed by atoms with E-state index in [4.69, 9.17) is 0 Å². The van der Waals surface area contributed by atoms with Gasteiger partial charge in [0.1, 0.15) is 0 Å². The van der Waals surface area contributed by atoms with Crippen LogP contribution < -0.4 is 0 Å². The molecule has 0 heterocycles. The van der Waals surface area contributed by atoms with Crippen molar-refractivity contribution in [2.45, 2.75) is 33.8 Å². The van der Waals surface area contributed by atoms with Crippen LogP contribution in [0, 0.1) is 0 Å². The lowest BCUT2D eigenvalue weighted by Gasteiger charge is -2.22. The van der Waals surface area contributed by atoms with Gasteiger partial charge in [-0.3, -0.25) is 4.79 Å². The van der Waals surface area contributed by atoms with Gasteiger partial charge in [0.2, 0.25) is 0 Å². The Balaban J connectivity index is 3.22. The third-order valence-electron chi connectivity index (χ3n) is 2.68. The van der Waals surface area contributed by atoms with Crippen molar-refractivity contribution < 1.29 is 9.90 Å². The summed E-state index contributed by atoms with van der Waals surface area (Å²) in [5.41, 5.74) is 2.93. The lowest BCUT2D eigenvalue weighted by atomic mass is 9.86. The monoisotopic (exact) mass is 166 g/mol. The smallest absolute Gasteiger partial charge is 0.184 e. The molecule has 2 nitrogen and oxygen atoms in total. The molecule has 0 bridgehead atoms. The van der Waals surface area contributed by atoms with E-state index in [-0.39, 0.29) is 5.78 Å². The molecule has 2 heteroatoms. The normalized spacial score (nSPS) is 20.9. The molecular weight excluding hydrogens is 152 g/mol. The number of hydrogen-bond acceptors (Lipinski definition) is 2. The molecule has 0 aromatic heterocycles. The summed E-state index contributed by atoms with van der Waals surface area (Å²) < 4.78 is 0. The zero-order chi connectivity index (χ0) is 9.46. The first-order chi connectivity index (χ1) is 5.46. The second kappa shape index (κ2) is 2.87. The second-order valence-corrected chi connectivity index (χ2v) is 3.35. The van der Waals surface area contributed by atoms with Crippen LogP contribution in [0.2, 0.25) is 0 Å². The Kier molecular flexibility index (Phi) is 2.20. The molecule has 1 aliphatic rings. The number of Topliss-reactive ketones (excluding diaryl/α,β-unsaturated/α-hetero) is 1. The summed E-state index contributed by atoms with van der Waals surface area (Å²) >= 11 is 0. The average Bonchev–Trinajstić information content (AvgIpc) is 2.08. The molecule has 0 saturated carbocycles. The van der Waals surface area contributed by atoms with Crippen LogP contribution in [0.25, 0.3) is 0 Å². The molecule has 0 aromatic carbocycles. The molecule has 0 unspecified atom stereocenters. The van der Waals surface area contributed by atoms with Crippen LogP contribution >= 0.6 is 0 Å². The van der Waals surface area contributed by atoms with Crippen LogP contribution in [0.5, 0.6) is 0 Å². The summed E-state index contributed by atoms with van der Waals surface area (Å²) in [7, 11) is 0. The van der Waals surface area contributed by atoms with E-state index >= 15 is 0 Å². The fourth-order valence-electron chi connectivity index (χ4n) is 1.37. The van der Waals surface area contributed by atoms with Gasteiger partial charge in [-0.15, -0.1) is 0 Å². The molecule has 0 atom stereocenters. The van der Waals surface area contributed by atoms with Crippen LogP contribution in [0.4, 0.5) is 0 Å². The predicted molar refractivity (Wildman–Crippen MR) is 47.8 cm³/mol. The lowest BCUT2D eigenvalue weighted by molar-refractivity contribution is -0.112. The van der Waals surface area contributed by atoms with Crippen LogP contribution in [-0.4, -0.2) is 17.0 Å².